The second-order valence-corrected chi connectivity index (χ2v) is 4.68. The van der Waals surface area contributed by atoms with Gasteiger partial charge in [0.1, 0.15) is 5.78 Å². The molecule has 0 amide bonds. The van der Waals surface area contributed by atoms with Crippen LogP contribution in [0, 0.1) is 23.7 Å². The van der Waals surface area contributed by atoms with Gasteiger partial charge in [0.25, 0.3) is 0 Å². The third-order valence-electron chi connectivity index (χ3n) is 3.13. The lowest BCUT2D eigenvalue weighted by atomic mass is 9.88. The minimum atomic E-state index is 0.359. The van der Waals surface area contributed by atoms with Crippen LogP contribution in [0.1, 0.15) is 40.5 Å². The highest BCUT2D eigenvalue weighted by molar-refractivity contribution is 5.85. The molecule has 1 nitrogen and oxygen atoms in total. The van der Waals surface area contributed by atoms with Crippen molar-refractivity contribution in [1.29, 1.82) is 0 Å². The fraction of sp³-hybridized carbons (Fsp3) is 0.909. The summed E-state index contributed by atoms with van der Waals surface area (Å²) in [5.41, 5.74) is 0. The summed E-state index contributed by atoms with van der Waals surface area (Å²) in [7, 11) is 0. The molecule has 0 heterocycles. The number of carbonyl (C=O) groups excluding carboxylic acids is 1. The highest BCUT2D eigenvalue weighted by Gasteiger charge is 2.36. The summed E-state index contributed by atoms with van der Waals surface area (Å²) in [5.74, 6) is 2.33. The van der Waals surface area contributed by atoms with Gasteiger partial charge >= 0.3 is 0 Å². The molecule has 2 atom stereocenters. The SMILES string of the molecule is CC(C)C1CCC(C(C)C)C1=O. The van der Waals surface area contributed by atoms with E-state index in [1.807, 2.05) is 0 Å². The van der Waals surface area contributed by atoms with E-state index in [4.69, 9.17) is 0 Å². The van der Waals surface area contributed by atoms with Crippen LogP contribution in [0.3, 0.4) is 0 Å². The fourth-order valence-corrected chi connectivity index (χ4v) is 2.24. The van der Waals surface area contributed by atoms with Crippen LogP contribution in [-0.2, 0) is 4.79 Å². The zero-order valence-corrected chi connectivity index (χ0v) is 8.63. The van der Waals surface area contributed by atoms with Gasteiger partial charge in [-0.15, -0.1) is 0 Å². The van der Waals surface area contributed by atoms with Gasteiger partial charge in [-0.25, -0.2) is 0 Å². The minimum Gasteiger partial charge on any atom is -0.299 e. The van der Waals surface area contributed by atoms with Crippen molar-refractivity contribution in [2.45, 2.75) is 40.5 Å². The standard InChI is InChI=1S/C11H20O/c1-7(2)9-5-6-10(8(3)4)11(9)12/h7-10H,5-6H2,1-4H3. The first-order chi connectivity index (χ1) is 5.54. The summed E-state index contributed by atoms with van der Waals surface area (Å²) >= 11 is 0. The number of carbonyl (C=O) groups is 1. The maximum absolute atomic E-state index is 11.8. The van der Waals surface area contributed by atoms with Crippen molar-refractivity contribution in [2.24, 2.45) is 23.7 Å². The third-order valence-corrected chi connectivity index (χ3v) is 3.13. The Kier molecular flexibility index (Phi) is 2.92. The van der Waals surface area contributed by atoms with Crippen LogP contribution in [0.15, 0.2) is 0 Å². The number of ketones is 1. The van der Waals surface area contributed by atoms with E-state index in [-0.39, 0.29) is 0 Å². The Bertz CT molecular complexity index is 152. The molecule has 0 aromatic rings. The molecule has 1 heteroatoms. The highest BCUT2D eigenvalue weighted by atomic mass is 16.1. The largest absolute Gasteiger partial charge is 0.299 e. The summed E-state index contributed by atoms with van der Waals surface area (Å²) in [6.45, 7) is 8.63. The van der Waals surface area contributed by atoms with Crippen LogP contribution < -0.4 is 0 Å². The Morgan fingerprint density at radius 1 is 1.00 bits per heavy atom. The molecule has 0 spiro atoms. The Hall–Kier alpha value is -0.330. The topological polar surface area (TPSA) is 17.1 Å². The van der Waals surface area contributed by atoms with Crippen molar-refractivity contribution >= 4 is 5.78 Å². The van der Waals surface area contributed by atoms with E-state index < -0.39 is 0 Å². The number of hydrogen-bond donors (Lipinski definition) is 0. The fourth-order valence-electron chi connectivity index (χ4n) is 2.24. The van der Waals surface area contributed by atoms with E-state index in [9.17, 15) is 4.79 Å². The summed E-state index contributed by atoms with van der Waals surface area (Å²) in [5, 5.41) is 0. The molecular formula is C11H20O. The quantitative estimate of drug-likeness (QED) is 0.619. The molecule has 0 N–H and O–H groups in total. The smallest absolute Gasteiger partial charge is 0.139 e. The molecule has 1 aliphatic rings. The molecule has 1 saturated carbocycles. The molecule has 0 aromatic heterocycles. The molecule has 0 aliphatic heterocycles. The zero-order chi connectivity index (χ0) is 9.30. The second-order valence-electron chi connectivity index (χ2n) is 4.68. The number of Topliss-reactive ketones (excluding diaryl/α,β-unsaturated/α-hetero) is 1. The van der Waals surface area contributed by atoms with Crippen molar-refractivity contribution in [3.05, 3.63) is 0 Å². The van der Waals surface area contributed by atoms with Crippen LogP contribution in [-0.4, -0.2) is 5.78 Å². The van der Waals surface area contributed by atoms with Crippen LogP contribution in [0.25, 0.3) is 0 Å². The van der Waals surface area contributed by atoms with Crippen molar-refractivity contribution in [3.8, 4) is 0 Å². The van der Waals surface area contributed by atoms with Gasteiger partial charge in [0.15, 0.2) is 0 Å². The molecule has 0 bridgehead atoms. The summed E-state index contributed by atoms with van der Waals surface area (Å²) in [6.07, 6.45) is 2.25. The first kappa shape index (κ1) is 9.76. The van der Waals surface area contributed by atoms with Gasteiger partial charge in [0, 0.05) is 11.8 Å². The molecule has 12 heavy (non-hydrogen) atoms. The Labute approximate surface area is 75.5 Å². The normalized spacial score (nSPS) is 30.7. The van der Waals surface area contributed by atoms with E-state index >= 15 is 0 Å². The van der Waals surface area contributed by atoms with E-state index in [2.05, 4.69) is 27.7 Å². The van der Waals surface area contributed by atoms with Gasteiger partial charge in [0.05, 0.1) is 0 Å². The van der Waals surface area contributed by atoms with Crippen LogP contribution in [0.5, 0.6) is 0 Å². The summed E-state index contributed by atoms with van der Waals surface area (Å²) in [6, 6.07) is 0. The maximum atomic E-state index is 11.8. The van der Waals surface area contributed by atoms with E-state index in [0.717, 1.165) is 12.8 Å². The lowest BCUT2D eigenvalue weighted by Gasteiger charge is -2.15. The van der Waals surface area contributed by atoms with E-state index in [1.165, 1.54) is 0 Å². The lowest BCUT2D eigenvalue weighted by molar-refractivity contribution is -0.126. The highest BCUT2D eigenvalue weighted by Crippen LogP contribution is 2.35. The van der Waals surface area contributed by atoms with Crippen LogP contribution >= 0.6 is 0 Å². The average Bonchev–Trinajstić information content (AvgIpc) is 2.30. The number of rotatable bonds is 2. The summed E-state index contributed by atoms with van der Waals surface area (Å²) < 4.78 is 0. The van der Waals surface area contributed by atoms with Crippen molar-refractivity contribution in [1.82, 2.24) is 0 Å². The molecule has 0 radical (unpaired) electrons. The Balaban J connectivity index is 2.61. The molecular weight excluding hydrogens is 148 g/mol. The molecule has 2 unspecified atom stereocenters. The van der Waals surface area contributed by atoms with Gasteiger partial charge in [-0.05, 0) is 24.7 Å². The van der Waals surface area contributed by atoms with Crippen molar-refractivity contribution in [2.75, 3.05) is 0 Å². The van der Waals surface area contributed by atoms with Crippen molar-refractivity contribution < 1.29 is 4.79 Å². The van der Waals surface area contributed by atoms with E-state index in [1.54, 1.807) is 0 Å². The average molecular weight is 168 g/mol. The molecule has 0 aromatic carbocycles. The predicted molar refractivity (Wildman–Crippen MR) is 50.9 cm³/mol. The zero-order valence-electron chi connectivity index (χ0n) is 8.63. The van der Waals surface area contributed by atoms with E-state index in [0.29, 0.717) is 29.5 Å². The van der Waals surface area contributed by atoms with Gasteiger partial charge in [-0.1, -0.05) is 27.7 Å². The predicted octanol–water partition coefficient (Wildman–Crippen LogP) is 2.89. The lowest BCUT2D eigenvalue weighted by Crippen LogP contribution is -2.21. The van der Waals surface area contributed by atoms with Gasteiger partial charge < -0.3 is 0 Å². The summed E-state index contributed by atoms with van der Waals surface area (Å²) in [4.78, 5) is 11.8. The number of hydrogen-bond acceptors (Lipinski definition) is 1. The monoisotopic (exact) mass is 168 g/mol. The first-order valence-corrected chi connectivity index (χ1v) is 5.07. The third kappa shape index (κ3) is 1.70. The van der Waals surface area contributed by atoms with Gasteiger partial charge in [-0.2, -0.15) is 0 Å². The molecule has 0 saturated heterocycles. The van der Waals surface area contributed by atoms with Crippen LogP contribution in [0.4, 0.5) is 0 Å². The Morgan fingerprint density at radius 2 is 1.33 bits per heavy atom. The van der Waals surface area contributed by atoms with Gasteiger partial charge in [-0.3, -0.25) is 4.79 Å². The molecule has 1 aliphatic carbocycles. The maximum Gasteiger partial charge on any atom is 0.139 e. The van der Waals surface area contributed by atoms with Crippen molar-refractivity contribution in [3.63, 3.8) is 0 Å². The molecule has 70 valence electrons. The Morgan fingerprint density at radius 3 is 1.50 bits per heavy atom. The molecule has 1 rings (SSSR count). The second kappa shape index (κ2) is 3.59. The van der Waals surface area contributed by atoms with Crippen LogP contribution in [0.2, 0.25) is 0 Å². The minimum absolute atomic E-state index is 0.359. The first-order valence-electron chi connectivity index (χ1n) is 5.07. The van der Waals surface area contributed by atoms with Gasteiger partial charge in [0.2, 0.25) is 0 Å². The molecule has 1 fully saturated rings.